The van der Waals surface area contributed by atoms with Crippen LogP contribution in [0.5, 0.6) is 0 Å². The SMILES string of the molecule is CCOC(=O)N1CCN(S(=O)(=O)c2ccc(-c3ccc(F)cc3)s2)[C@@H](C(=O)NO)C1. The van der Waals surface area contributed by atoms with Gasteiger partial charge in [-0.15, -0.1) is 11.3 Å². The fourth-order valence-electron chi connectivity index (χ4n) is 3.07. The van der Waals surface area contributed by atoms with Gasteiger partial charge in [0, 0.05) is 24.5 Å². The van der Waals surface area contributed by atoms with Crippen molar-refractivity contribution in [2.24, 2.45) is 0 Å². The third kappa shape index (κ3) is 4.46. The zero-order valence-corrected chi connectivity index (χ0v) is 17.6. The minimum atomic E-state index is -4.10. The monoisotopic (exact) mass is 457 g/mol. The molecule has 1 aliphatic heterocycles. The molecule has 1 saturated heterocycles. The van der Waals surface area contributed by atoms with Crippen molar-refractivity contribution in [1.82, 2.24) is 14.7 Å². The Hall–Kier alpha value is -2.54. The number of hydrogen-bond acceptors (Lipinski definition) is 7. The second-order valence-electron chi connectivity index (χ2n) is 6.38. The maximum Gasteiger partial charge on any atom is 0.409 e. The van der Waals surface area contributed by atoms with Gasteiger partial charge >= 0.3 is 6.09 Å². The molecule has 1 aromatic carbocycles. The van der Waals surface area contributed by atoms with Gasteiger partial charge in [0.1, 0.15) is 16.1 Å². The molecule has 1 fully saturated rings. The zero-order valence-electron chi connectivity index (χ0n) is 15.9. The number of sulfonamides is 1. The number of carbonyl (C=O) groups excluding carboxylic acids is 2. The van der Waals surface area contributed by atoms with Crippen molar-refractivity contribution in [2.75, 3.05) is 26.2 Å². The fourth-order valence-corrected chi connectivity index (χ4v) is 6.08. The Morgan fingerprint density at radius 3 is 2.57 bits per heavy atom. The Labute approximate surface area is 176 Å². The topological polar surface area (TPSA) is 116 Å². The van der Waals surface area contributed by atoms with Gasteiger partial charge in [0.2, 0.25) is 0 Å². The number of piperazine rings is 1. The summed E-state index contributed by atoms with van der Waals surface area (Å²) < 4.78 is 45.4. The van der Waals surface area contributed by atoms with Crippen molar-refractivity contribution in [3.63, 3.8) is 0 Å². The largest absolute Gasteiger partial charge is 0.450 e. The van der Waals surface area contributed by atoms with Gasteiger partial charge in [-0.3, -0.25) is 10.0 Å². The van der Waals surface area contributed by atoms with Crippen LogP contribution < -0.4 is 5.48 Å². The molecule has 162 valence electrons. The van der Waals surface area contributed by atoms with E-state index in [1.54, 1.807) is 13.0 Å². The summed E-state index contributed by atoms with van der Waals surface area (Å²) in [5.41, 5.74) is 2.11. The van der Waals surface area contributed by atoms with E-state index in [9.17, 15) is 22.4 Å². The number of halogens is 1. The average molecular weight is 458 g/mol. The summed E-state index contributed by atoms with van der Waals surface area (Å²) in [5, 5.41) is 9.06. The Morgan fingerprint density at radius 2 is 1.93 bits per heavy atom. The molecular weight excluding hydrogens is 437 g/mol. The van der Waals surface area contributed by atoms with Crippen LogP contribution in [0.1, 0.15) is 6.92 Å². The first kappa shape index (κ1) is 22.2. The molecule has 1 atom stereocenters. The van der Waals surface area contributed by atoms with Gasteiger partial charge < -0.3 is 9.64 Å². The maximum absolute atomic E-state index is 13.2. The lowest BCUT2D eigenvalue weighted by Gasteiger charge is -2.38. The highest BCUT2D eigenvalue weighted by atomic mass is 32.2. The van der Waals surface area contributed by atoms with Crippen LogP contribution in [-0.2, 0) is 19.6 Å². The molecule has 0 unspecified atom stereocenters. The number of carbonyl (C=O) groups is 2. The van der Waals surface area contributed by atoms with Gasteiger partial charge in [-0.05, 0) is 36.8 Å². The average Bonchev–Trinajstić information content (AvgIpc) is 3.24. The van der Waals surface area contributed by atoms with Crippen LogP contribution in [0.3, 0.4) is 0 Å². The van der Waals surface area contributed by atoms with Crippen LogP contribution >= 0.6 is 11.3 Å². The predicted molar refractivity (Wildman–Crippen MR) is 106 cm³/mol. The number of hydroxylamine groups is 1. The van der Waals surface area contributed by atoms with Crippen LogP contribution in [0, 0.1) is 5.82 Å². The molecule has 1 aliphatic rings. The van der Waals surface area contributed by atoms with E-state index < -0.39 is 33.9 Å². The van der Waals surface area contributed by atoms with E-state index in [0.29, 0.717) is 10.4 Å². The molecule has 12 heteroatoms. The van der Waals surface area contributed by atoms with E-state index in [1.807, 2.05) is 0 Å². The fraction of sp³-hybridized carbons (Fsp3) is 0.333. The summed E-state index contributed by atoms with van der Waals surface area (Å²) in [6.07, 6.45) is -0.667. The summed E-state index contributed by atoms with van der Waals surface area (Å²) in [7, 11) is -4.10. The molecule has 2 aromatic rings. The number of rotatable bonds is 5. The minimum Gasteiger partial charge on any atom is -0.450 e. The highest BCUT2D eigenvalue weighted by Gasteiger charge is 2.42. The van der Waals surface area contributed by atoms with Gasteiger partial charge in [-0.1, -0.05) is 12.1 Å². The normalized spacial score (nSPS) is 17.6. The summed E-state index contributed by atoms with van der Waals surface area (Å²) in [6.45, 7) is 1.38. The van der Waals surface area contributed by atoms with Gasteiger partial charge in [0.15, 0.2) is 0 Å². The number of thiophene rings is 1. The molecule has 0 saturated carbocycles. The van der Waals surface area contributed by atoms with Crippen LogP contribution in [0.25, 0.3) is 10.4 Å². The first-order valence-corrected chi connectivity index (χ1v) is 11.3. The first-order valence-electron chi connectivity index (χ1n) is 9.01. The second-order valence-corrected chi connectivity index (χ2v) is 9.58. The molecule has 9 nitrogen and oxygen atoms in total. The van der Waals surface area contributed by atoms with Crippen LogP contribution in [0.15, 0.2) is 40.6 Å². The van der Waals surface area contributed by atoms with Gasteiger partial charge in [-0.25, -0.2) is 23.1 Å². The first-order chi connectivity index (χ1) is 14.3. The molecule has 2 amide bonds. The summed E-state index contributed by atoms with van der Waals surface area (Å²) >= 11 is 0.977. The highest BCUT2D eigenvalue weighted by Crippen LogP contribution is 2.33. The summed E-state index contributed by atoms with van der Waals surface area (Å²) in [5.74, 6) is -1.36. The van der Waals surface area contributed by atoms with E-state index >= 15 is 0 Å². The lowest BCUT2D eigenvalue weighted by atomic mass is 10.2. The Morgan fingerprint density at radius 1 is 1.23 bits per heavy atom. The van der Waals surface area contributed by atoms with Crippen molar-refractivity contribution >= 4 is 33.4 Å². The predicted octanol–water partition coefficient (Wildman–Crippen LogP) is 1.89. The lowest BCUT2D eigenvalue weighted by molar-refractivity contribution is -0.134. The molecule has 0 radical (unpaired) electrons. The van der Waals surface area contributed by atoms with Crippen molar-refractivity contribution in [3.05, 3.63) is 42.2 Å². The molecule has 0 aliphatic carbocycles. The number of benzene rings is 1. The van der Waals surface area contributed by atoms with E-state index in [0.717, 1.165) is 15.6 Å². The second kappa shape index (κ2) is 9.08. The van der Waals surface area contributed by atoms with Crippen molar-refractivity contribution in [2.45, 2.75) is 17.2 Å². The molecule has 0 spiro atoms. The van der Waals surface area contributed by atoms with Crippen LogP contribution in [0.2, 0.25) is 0 Å². The van der Waals surface area contributed by atoms with Crippen LogP contribution in [-0.4, -0.2) is 67.1 Å². The van der Waals surface area contributed by atoms with E-state index in [1.165, 1.54) is 40.7 Å². The van der Waals surface area contributed by atoms with Crippen molar-refractivity contribution in [1.29, 1.82) is 0 Å². The Kier molecular flexibility index (Phi) is 6.71. The minimum absolute atomic E-state index is 0.0119. The highest BCUT2D eigenvalue weighted by molar-refractivity contribution is 7.91. The number of hydrogen-bond donors (Lipinski definition) is 2. The quantitative estimate of drug-likeness (QED) is 0.523. The number of ether oxygens (including phenoxy) is 1. The van der Waals surface area contributed by atoms with Crippen LogP contribution in [0.4, 0.5) is 9.18 Å². The molecule has 3 rings (SSSR count). The zero-order chi connectivity index (χ0) is 21.9. The third-order valence-corrected chi connectivity index (χ3v) is 8.05. The molecular formula is C18H20FN3O6S2. The smallest absolute Gasteiger partial charge is 0.409 e. The van der Waals surface area contributed by atoms with Crippen molar-refractivity contribution < 1.29 is 32.3 Å². The maximum atomic E-state index is 13.2. The summed E-state index contributed by atoms with van der Waals surface area (Å²) in [6, 6.07) is 7.31. The van der Waals surface area contributed by atoms with Gasteiger partial charge in [-0.2, -0.15) is 4.31 Å². The molecule has 1 aromatic heterocycles. The molecule has 0 bridgehead atoms. The van der Waals surface area contributed by atoms with Gasteiger partial charge in [0.05, 0.1) is 6.61 Å². The number of nitrogens with zero attached hydrogens (tertiary/aromatic N) is 2. The third-order valence-electron chi connectivity index (χ3n) is 4.54. The van der Waals surface area contributed by atoms with E-state index in [-0.39, 0.29) is 30.5 Å². The molecule has 2 heterocycles. The molecule has 30 heavy (non-hydrogen) atoms. The Bertz CT molecular complexity index is 1020. The van der Waals surface area contributed by atoms with E-state index in [2.05, 4.69) is 0 Å². The van der Waals surface area contributed by atoms with Crippen molar-refractivity contribution in [3.8, 4) is 10.4 Å². The number of nitrogens with one attached hydrogen (secondary N) is 1. The lowest BCUT2D eigenvalue weighted by Crippen LogP contribution is -2.61. The standard InChI is InChI=1S/C18H20FN3O6S2/c1-2-28-18(24)21-9-10-22(14(11-21)17(23)20-25)30(26,27)16-8-7-15(29-16)12-3-5-13(19)6-4-12/h3-8,14,25H,2,9-11H2,1H3,(H,20,23)/t14-/m1/s1. The Balaban J connectivity index is 1.87. The molecule has 2 N–H and O–H groups in total. The summed E-state index contributed by atoms with van der Waals surface area (Å²) in [4.78, 5) is 26.0. The van der Waals surface area contributed by atoms with Gasteiger partial charge in [0.25, 0.3) is 15.9 Å². The number of amides is 2. The van der Waals surface area contributed by atoms with E-state index in [4.69, 9.17) is 9.94 Å².